The van der Waals surface area contributed by atoms with Gasteiger partial charge in [-0.2, -0.15) is 4.79 Å². The van der Waals surface area contributed by atoms with Crippen molar-refractivity contribution < 1.29 is 19.0 Å². The van der Waals surface area contributed by atoms with Gasteiger partial charge in [-0.15, -0.1) is 12.4 Å². The first-order valence-corrected chi connectivity index (χ1v) is 9.03. The van der Waals surface area contributed by atoms with Crippen LogP contribution in [0.2, 0.25) is 0 Å². The Kier molecular flexibility index (Phi) is 10.5. The van der Waals surface area contributed by atoms with Gasteiger partial charge in [-0.25, -0.2) is 0 Å². The molecular weight excluding hydrogens is 342 g/mol. The Hall–Kier alpha value is -1.33. The molecule has 7 heteroatoms. The van der Waals surface area contributed by atoms with Crippen LogP contribution in [0.5, 0.6) is 0 Å². The van der Waals surface area contributed by atoms with Gasteiger partial charge >= 0.3 is 5.71 Å². The molecule has 2 rings (SSSR count). The number of hydrogen-bond donors (Lipinski definition) is 0. The average Bonchev–Trinajstić information content (AvgIpc) is 2.63. The Morgan fingerprint density at radius 2 is 1.80 bits per heavy atom. The summed E-state index contributed by atoms with van der Waals surface area (Å²) in [6.45, 7) is 8.69. The van der Waals surface area contributed by atoms with Crippen molar-refractivity contribution in [1.29, 1.82) is 0 Å². The summed E-state index contributed by atoms with van der Waals surface area (Å²) in [5.41, 5.74) is 9.77. The molecule has 1 heterocycles. The molecule has 0 aromatic heterocycles. The molecule has 1 aliphatic carbocycles. The molecule has 25 heavy (non-hydrogen) atoms. The third-order valence-corrected chi connectivity index (χ3v) is 4.20. The normalized spacial score (nSPS) is 20.9. The van der Waals surface area contributed by atoms with Crippen molar-refractivity contribution >= 4 is 18.1 Å². The van der Waals surface area contributed by atoms with E-state index in [1.54, 1.807) is 6.08 Å². The molecule has 1 fully saturated rings. The van der Waals surface area contributed by atoms with Crippen LogP contribution >= 0.6 is 12.4 Å². The van der Waals surface area contributed by atoms with Crippen LogP contribution in [0.1, 0.15) is 39.5 Å². The first-order chi connectivity index (χ1) is 11.8. The fourth-order valence-corrected chi connectivity index (χ4v) is 2.73. The molecule has 0 radical (unpaired) electrons. The Morgan fingerprint density at radius 3 is 2.40 bits per heavy atom. The van der Waals surface area contributed by atoms with E-state index in [9.17, 15) is 5.53 Å². The van der Waals surface area contributed by atoms with Crippen LogP contribution in [0, 0.1) is 0 Å². The predicted octanol–water partition coefficient (Wildman–Crippen LogP) is 3.19. The molecule has 0 aromatic rings. The quantitative estimate of drug-likeness (QED) is 0.354. The lowest BCUT2D eigenvalue weighted by molar-refractivity contribution is -0.0107. The van der Waals surface area contributed by atoms with Crippen LogP contribution in [0.4, 0.5) is 0 Å². The van der Waals surface area contributed by atoms with Gasteiger partial charge in [-0.05, 0) is 18.9 Å². The molecule has 0 amide bonds. The average molecular weight is 372 g/mol. The summed E-state index contributed by atoms with van der Waals surface area (Å²) in [4.78, 5) is 5.71. The Bertz CT molecular complexity index is 510. The minimum atomic E-state index is 0. The van der Waals surface area contributed by atoms with Crippen molar-refractivity contribution in [2.24, 2.45) is 0 Å². The topological polar surface area (TPSA) is 67.3 Å². The number of ether oxygens (including phenoxy) is 3. The second kappa shape index (κ2) is 12.1. The van der Waals surface area contributed by atoms with Crippen LogP contribution in [-0.2, 0) is 14.2 Å². The van der Waals surface area contributed by atoms with Gasteiger partial charge < -0.3 is 19.7 Å². The van der Waals surface area contributed by atoms with Gasteiger partial charge in [0.25, 0.3) is 0 Å². The van der Waals surface area contributed by atoms with Crippen molar-refractivity contribution in [1.82, 2.24) is 4.90 Å². The maximum atomic E-state index is 9.34. The molecule has 142 valence electrons. The zero-order chi connectivity index (χ0) is 17.2. The van der Waals surface area contributed by atoms with Gasteiger partial charge in [-0.3, -0.25) is 4.90 Å². The summed E-state index contributed by atoms with van der Waals surface area (Å²) in [5.74, 6) is 1.45. The van der Waals surface area contributed by atoms with E-state index in [2.05, 4.69) is 23.5 Å². The first-order valence-electron chi connectivity index (χ1n) is 9.03. The zero-order valence-corrected chi connectivity index (χ0v) is 16.1. The van der Waals surface area contributed by atoms with E-state index in [0.29, 0.717) is 24.7 Å². The minimum Gasteiger partial charge on any atom is -0.496 e. The van der Waals surface area contributed by atoms with E-state index in [0.717, 1.165) is 57.7 Å². The molecule has 0 aromatic carbocycles. The van der Waals surface area contributed by atoms with Gasteiger partial charge in [0.05, 0.1) is 38.5 Å². The molecule has 0 spiro atoms. The fourth-order valence-electron chi connectivity index (χ4n) is 2.73. The second-order valence-corrected chi connectivity index (χ2v) is 6.06. The number of allylic oxidation sites excluding steroid dienone is 1. The summed E-state index contributed by atoms with van der Waals surface area (Å²) in [6.07, 6.45) is 7.93. The van der Waals surface area contributed by atoms with Crippen LogP contribution in [-0.4, -0.2) is 61.0 Å². The molecule has 0 bridgehead atoms. The van der Waals surface area contributed by atoms with Gasteiger partial charge in [0, 0.05) is 13.1 Å². The summed E-state index contributed by atoms with van der Waals surface area (Å²) >= 11 is 0. The maximum absolute atomic E-state index is 9.34. The number of halogens is 1. The summed E-state index contributed by atoms with van der Waals surface area (Å²) < 4.78 is 17.3. The third-order valence-electron chi connectivity index (χ3n) is 4.20. The van der Waals surface area contributed by atoms with Crippen molar-refractivity contribution in [3.63, 3.8) is 0 Å². The highest BCUT2D eigenvalue weighted by molar-refractivity contribution is 6.04. The molecule has 1 atom stereocenters. The number of morpholine rings is 1. The third kappa shape index (κ3) is 6.48. The van der Waals surface area contributed by atoms with Gasteiger partial charge in [0.15, 0.2) is 0 Å². The molecule has 1 aliphatic heterocycles. The van der Waals surface area contributed by atoms with E-state index in [-0.39, 0.29) is 18.4 Å². The van der Waals surface area contributed by atoms with Crippen molar-refractivity contribution in [2.45, 2.75) is 45.6 Å². The van der Waals surface area contributed by atoms with Crippen molar-refractivity contribution in [3.05, 3.63) is 29.2 Å². The Morgan fingerprint density at radius 1 is 1.16 bits per heavy atom. The number of unbranched alkanes of at least 4 members (excludes halogenated alkanes) is 2. The predicted molar refractivity (Wildman–Crippen MR) is 99.9 cm³/mol. The fraction of sp³-hybridized carbons (Fsp3) is 0.722. The van der Waals surface area contributed by atoms with Crippen LogP contribution < -0.4 is 0 Å². The molecule has 2 aliphatic rings. The summed E-state index contributed by atoms with van der Waals surface area (Å²) in [6, 6.07) is 0.00730. The highest BCUT2D eigenvalue weighted by Crippen LogP contribution is 2.23. The Balaban J connectivity index is 0.00000312. The van der Waals surface area contributed by atoms with E-state index < -0.39 is 0 Å². The molecule has 6 nitrogen and oxygen atoms in total. The van der Waals surface area contributed by atoms with Gasteiger partial charge in [0.1, 0.15) is 5.76 Å². The van der Waals surface area contributed by atoms with E-state index in [1.807, 2.05) is 6.08 Å². The lowest BCUT2D eigenvalue weighted by atomic mass is 10.0. The van der Waals surface area contributed by atoms with Gasteiger partial charge in [0.2, 0.25) is 5.76 Å². The lowest BCUT2D eigenvalue weighted by Crippen LogP contribution is -2.45. The zero-order valence-electron chi connectivity index (χ0n) is 15.3. The highest BCUT2D eigenvalue weighted by Gasteiger charge is 2.32. The summed E-state index contributed by atoms with van der Waals surface area (Å²) in [5, 5.41) is 0. The minimum absolute atomic E-state index is 0. The number of nitrogens with zero attached hydrogens (tertiary/aromatic N) is 3. The molecular formula is C18H30ClN3O3. The first kappa shape index (κ1) is 21.7. The summed E-state index contributed by atoms with van der Waals surface area (Å²) in [7, 11) is 0. The molecule has 0 N–H and O–H groups in total. The van der Waals surface area contributed by atoms with Crippen LogP contribution in [0.15, 0.2) is 23.7 Å². The second-order valence-electron chi connectivity index (χ2n) is 6.06. The van der Waals surface area contributed by atoms with E-state index in [4.69, 9.17) is 14.2 Å². The number of rotatable bonds is 9. The van der Waals surface area contributed by atoms with Crippen molar-refractivity contribution in [3.8, 4) is 0 Å². The highest BCUT2D eigenvalue weighted by atomic mass is 35.5. The Labute approximate surface area is 156 Å². The molecule has 1 unspecified atom stereocenters. The largest absolute Gasteiger partial charge is 0.496 e. The van der Waals surface area contributed by atoms with Gasteiger partial charge in [-0.1, -0.05) is 26.7 Å². The van der Waals surface area contributed by atoms with E-state index in [1.165, 1.54) is 0 Å². The SMILES string of the molecule is CCCCOC1=CC(N2CCOCC2)C(OCCCC)=CC1=[N+]=[N-].Cl. The molecule has 0 saturated carbocycles. The van der Waals surface area contributed by atoms with Crippen LogP contribution in [0.25, 0.3) is 5.53 Å². The molecule has 1 saturated heterocycles. The lowest BCUT2D eigenvalue weighted by Gasteiger charge is -2.35. The number of hydrogen-bond acceptors (Lipinski definition) is 4. The maximum Gasteiger partial charge on any atom is 0.359 e. The standard InChI is InChI=1S/C18H29N3O3.ClH/c1-3-5-9-23-17-14-16(21-7-11-22-12-8-21)18(13-15(17)20-19)24-10-6-4-2;/h13-14,16H,3-12H2,1-2H3;1H. The van der Waals surface area contributed by atoms with Crippen molar-refractivity contribution in [2.75, 3.05) is 39.5 Å². The smallest absolute Gasteiger partial charge is 0.359 e. The van der Waals surface area contributed by atoms with Crippen LogP contribution in [0.3, 0.4) is 0 Å². The van der Waals surface area contributed by atoms with E-state index >= 15 is 0 Å². The monoisotopic (exact) mass is 371 g/mol.